The second-order valence-electron chi connectivity index (χ2n) is 6.88. The minimum Gasteiger partial charge on any atom is -0.464 e. The molecule has 0 bridgehead atoms. The van der Waals surface area contributed by atoms with Crippen LogP contribution in [-0.2, 0) is 30.6 Å². The van der Waals surface area contributed by atoms with Crippen molar-refractivity contribution >= 4 is 16.9 Å². The maximum Gasteiger partial charge on any atom is 0.224 e. The summed E-state index contributed by atoms with van der Waals surface area (Å²) in [7, 11) is 0. The number of aryl methyl sites for hydroxylation is 3. The van der Waals surface area contributed by atoms with Crippen molar-refractivity contribution in [3.63, 3.8) is 0 Å². The molecule has 2 aromatic heterocycles. The third-order valence-electron chi connectivity index (χ3n) is 4.96. The van der Waals surface area contributed by atoms with E-state index in [2.05, 4.69) is 46.2 Å². The maximum atomic E-state index is 12.5. The Morgan fingerprint density at radius 1 is 1.44 bits per heavy atom. The minimum absolute atomic E-state index is 0.0487. The molecule has 1 unspecified atom stereocenters. The summed E-state index contributed by atoms with van der Waals surface area (Å²) >= 11 is 0. The van der Waals surface area contributed by atoms with E-state index in [-0.39, 0.29) is 11.9 Å². The van der Waals surface area contributed by atoms with Gasteiger partial charge in [0.05, 0.1) is 18.4 Å². The number of hydrogen-bond donors (Lipinski definition) is 1. The van der Waals surface area contributed by atoms with Gasteiger partial charge in [-0.05, 0) is 31.4 Å². The van der Waals surface area contributed by atoms with E-state index in [4.69, 9.17) is 4.42 Å². The summed E-state index contributed by atoms with van der Waals surface area (Å²) in [6, 6.07) is 6.38. The average molecular weight is 337 g/mol. The summed E-state index contributed by atoms with van der Waals surface area (Å²) in [5, 5.41) is 4.20. The van der Waals surface area contributed by atoms with Crippen molar-refractivity contribution in [2.24, 2.45) is 0 Å². The molecule has 0 fully saturated rings. The average Bonchev–Trinajstić information content (AvgIpc) is 3.16. The van der Waals surface area contributed by atoms with Crippen LogP contribution in [0.15, 0.2) is 35.1 Å². The van der Waals surface area contributed by atoms with E-state index in [1.165, 1.54) is 5.56 Å². The molecule has 1 aliphatic rings. The molecule has 1 atom stereocenters. The zero-order chi connectivity index (χ0) is 17.4. The number of benzene rings is 1. The van der Waals surface area contributed by atoms with Crippen LogP contribution in [0.3, 0.4) is 0 Å². The number of fused-ring (bicyclic) bond motifs is 2. The van der Waals surface area contributed by atoms with Gasteiger partial charge in [0, 0.05) is 36.2 Å². The highest BCUT2D eigenvalue weighted by Gasteiger charge is 2.21. The molecular weight excluding hydrogens is 314 g/mol. The van der Waals surface area contributed by atoms with Crippen LogP contribution in [0, 0.1) is 6.92 Å². The fourth-order valence-corrected chi connectivity index (χ4v) is 3.64. The monoisotopic (exact) mass is 337 g/mol. The number of amides is 1. The third kappa shape index (κ3) is 3.18. The van der Waals surface area contributed by atoms with E-state index >= 15 is 0 Å². The van der Waals surface area contributed by atoms with E-state index in [9.17, 15) is 4.79 Å². The summed E-state index contributed by atoms with van der Waals surface area (Å²) in [6.45, 7) is 4.93. The first-order chi connectivity index (χ1) is 12.1. The number of aromatic nitrogens is 2. The Balaban J connectivity index is 1.43. The lowest BCUT2D eigenvalue weighted by Gasteiger charge is -2.24. The number of carbonyl (C=O) groups is 1. The first kappa shape index (κ1) is 15.9. The molecule has 5 heteroatoms. The van der Waals surface area contributed by atoms with E-state index < -0.39 is 0 Å². The smallest absolute Gasteiger partial charge is 0.224 e. The second-order valence-corrected chi connectivity index (χ2v) is 6.88. The van der Waals surface area contributed by atoms with Gasteiger partial charge in [-0.25, -0.2) is 4.98 Å². The predicted molar refractivity (Wildman–Crippen MR) is 96.5 cm³/mol. The fraction of sp³-hybridized carbons (Fsp3) is 0.400. The molecular formula is C20H23N3O2. The van der Waals surface area contributed by atoms with Gasteiger partial charge >= 0.3 is 0 Å². The molecule has 0 saturated carbocycles. The fourth-order valence-electron chi connectivity index (χ4n) is 3.64. The van der Waals surface area contributed by atoms with Crippen molar-refractivity contribution < 1.29 is 9.21 Å². The molecule has 3 aromatic rings. The standard InChI is InChI=1S/C20H23N3O2/c1-3-14-4-6-17-15(12-25-18(17)8-14)9-20(24)22-16-5-7-19-21-13(2)10-23(19)11-16/h4,6,8,10,12,16H,3,5,7,9,11H2,1-2H3,(H,22,24). The van der Waals surface area contributed by atoms with Gasteiger partial charge in [-0.1, -0.05) is 19.1 Å². The zero-order valence-corrected chi connectivity index (χ0v) is 14.7. The Morgan fingerprint density at radius 2 is 2.32 bits per heavy atom. The molecule has 25 heavy (non-hydrogen) atoms. The normalized spacial score (nSPS) is 16.8. The molecule has 1 N–H and O–H groups in total. The minimum atomic E-state index is 0.0487. The molecule has 1 aliphatic heterocycles. The Hall–Kier alpha value is -2.56. The second kappa shape index (κ2) is 6.39. The first-order valence-electron chi connectivity index (χ1n) is 8.93. The Kier molecular flexibility index (Phi) is 4.07. The van der Waals surface area contributed by atoms with Gasteiger partial charge in [-0.15, -0.1) is 0 Å². The molecule has 130 valence electrons. The predicted octanol–water partition coefficient (Wildman–Crippen LogP) is 3.17. The van der Waals surface area contributed by atoms with Crippen LogP contribution in [0.5, 0.6) is 0 Å². The zero-order valence-electron chi connectivity index (χ0n) is 14.7. The van der Waals surface area contributed by atoms with E-state index in [0.717, 1.165) is 53.9 Å². The molecule has 4 rings (SSSR count). The van der Waals surface area contributed by atoms with Crippen LogP contribution in [0.2, 0.25) is 0 Å². The number of furan rings is 1. The Bertz CT molecular complexity index is 922. The van der Waals surface area contributed by atoms with Crippen molar-refractivity contribution in [3.05, 3.63) is 53.3 Å². The van der Waals surface area contributed by atoms with Crippen molar-refractivity contribution in [2.75, 3.05) is 0 Å². The van der Waals surface area contributed by atoms with E-state index in [1.54, 1.807) is 6.26 Å². The Morgan fingerprint density at radius 3 is 3.16 bits per heavy atom. The molecule has 1 aromatic carbocycles. The highest BCUT2D eigenvalue weighted by Crippen LogP contribution is 2.23. The number of carbonyl (C=O) groups excluding carboxylic acids is 1. The van der Waals surface area contributed by atoms with Gasteiger partial charge in [-0.2, -0.15) is 0 Å². The highest BCUT2D eigenvalue weighted by molar-refractivity contribution is 5.88. The molecule has 5 nitrogen and oxygen atoms in total. The lowest BCUT2D eigenvalue weighted by molar-refractivity contribution is -0.121. The molecule has 3 heterocycles. The van der Waals surface area contributed by atoms with Crippen molar-refractivity contribution in [1.82, 2.24) is 14.9 Å². The summed E-state index contributed by atoms with van der Waals surface area (Å²) in [5.74, 6) is 1.17. The van der Waals surface area contributed by atoms with Crippen molar-refractivity contribution in [3.8, 4) is 0 Å². The molecule has 1 amide bonds. The number of nitrogens with one attached hydrogen (secondary N) is 1. The molecule has 0 radical (unpaired) electrons. The van der Waals surface area contributed by atoms with Gasteiger partial charge in [0.1, 0.15) is 11.4 Å². The molecule has 0 saturated heterocycles. The molecule has 0 spiro atoms. The van der Waals surface area contributed by atoms with Gasteiger partial charge in [0.25, 0.3) is 0 Å². The number of nitrogens with zero attached hydrogens (tertiary/aromatic N) is 2. The van der Waals surface area contributed by atoms with Gasteiger partial charge < -0.3 is 14.3 Å². The summed E-state index contributed by atoms with van der Waals surface area (Å²) < 4.78 is 7.80. The van der Waals surface area contributed by atoms with E-state index in [1.807, 2.05) is 6.92 Å². The largest absolute Gasteiger partial charge is 0.464 e. The van der Waals surface area contributed by atoms with Crippen molar-refractivity contribution in [1.29, 1.82) is 0 Å². The lowest BCUT2D eigenvalue weighted by Crippen LogP contribution is -2.41. The highest BCUT2D eigenvalue weighted by atomic mass is 16.3. The Labute approximate surface area is 147 Å². The van der Waals surface area contributed by atoms with Gasteiger partial charge in [0.15, 0.2) is 0 Å². The van der Waals surface area contributed by atoms with Crippen LogP contribution in [-0.4, -0.2) is 21.5 Å². The number of imidazole rings is 1. The van der Waals surface area contributed by atoms with Gasteiger partial charge in [-0.3, -0.25) is 4.79 Å². The van der Waals surface area contributed by atoms with Crippen LogP contribution in [0.25, 0.3) is 11.0 Å². The van der Waals surface area contributed by atoms with Gasteiger partial charge in [0.2, 0.25) is 5.91 Å². The number of rotatable bonds is 4. The van der Waals surface area contributed by atoms with Crippen molar-refractivity contribution in [2.45, 2.75) is 52.1 Å². The van der Waals surface area contributed by atoms with Crippen LogP contribution in [0.4, 0.5) is 0 Å². The van der Waals surface area contributed by atoms with Crippen LogP contribution < -0.4 is 5.32 Å². The SMILES string of the molecule is CCc1ccc2c(CC(=O)NC3CCc4nc(C)cn4C3)coc2c1. The third-order valence-corrected chi connectivity index (χ3v) is 4.96. The number of hydrogen-bond acceptors (Lipinski definition) is 3. The summed E-state index contributed by atoms with van der Waals surface area (Å²) in [4.78, 5) is 17.0. The summed E-state index contributed by atoms with van der Waals surface area (Å²) in [6.07, 6.45) is 6.94. The van der Waals surface area contributed by atoms with Crippen LogP contribution >= 0.6 is 0 Å². The quantitative estimate of drug-likeness (QED) is 0.795. The maximum absolute atomic E-state index is 12.5. The van der Waals surface area contributed by atoms with Crippen LogP contribution in [0.1, 0.15) is 36.0 Å². The summed E-state index contributed by atoms with van der Waals surface area (Å²) in [5.41, 5.74) is 4.09. The molecule has 0 aliphatic carbocycles. The van der Waals surface area contributed by atoms with E-state index in [0.29, 0.717) is 6.42 Å². The first-order valence-corrected chi connectivity index (χ1v) is 8.93. The topological polar surface area (TPSA) is 60.1 Å². The lowest BCUT2D eigenvalue weighted by atomic mass is 10.0.